The van der Waals surface area contributed by atoms with Crippen LogP contribution < -0.4 is 0 Å². The third-order valence-electron chi connectivity index (χ3n) is 4.16. The lowest BCUT2D eigenvalue weighted by Gasteiger charge is -2.57. The van der Waals surface area contributed by atoms with Crippen molar-refractivity contribution in [2.45, 2.75) is 33.6 Å². The summed E-state index contributed by atoms with van der Waals surface area (Å²) >= 11 is 0. The topological polar surface area (TPSA) is 20.2 Å². The quantitative estimate of drug-likeness (QED) is 0.593. The second-order valence-corrected chi connectivity index (χ2v) is 4.97. The number of aliphatic hydroxyl groups is 1. The number of aliphatic hydroxyl groups excluding tert-OH is 1. The van der Waals surface area contributed by atoms with Gasteiger partial charge < -0.3 is 5.11 Å². The first-order valence-corrected chi connectivity index (χ1v) is 4.86. The lowest BCUT2D eigenvalue weighted by atomic mass is 9.47. The molecule has 2 bridgehead atoms. The van der Waals surface area contributed by atoms with Gasteiger partial charge in [0.1, 0.15) is 0 Å². The van der Waals surface area contributed by atoms with Crippen molar-refractivity contribution in [3.8, 4) is 0 Å². The van der Waals surface area contributed by atoms with Crippen LogP contribution in [0.5, 0.6) is 0 Å². The molecule has 1 heteroatoms. The van der Waals surface area contributed by atoms with Crippen LogP contribution >= 0.6 is 0 Å². The summed E-state index contributed by atoms with van der Waals surface area (Å²) in [6, 6.07) is 0. The fourth-order valence-electron chi connectivity index (χ4n) is 3.00. The van der Waals surface area contributed by atoms with Crippen LogP contribution in [-0.4, -0.2) is 11.7 Å². The van der Waals surface area contributed by atoms with Gasteiger partial charge in [-0.15, -0.1) is 0 Å². The molecule has 3 aliphatic carbocycles. The molecule has 0 aliphatic heterocycles. The van der Waals surface area contributed by atoms with E-state index >= 15 is 0 Å². The van der Waals surface area contributed by atoms with Gasteiger partial charge in [0.05, 0.1) is 6.61 Å². The van der Waals surface area contributed by atoms with Gasteiger partial charge in [0, 0.05) is 0 Å². The molecule has 1 saturated carbocycles. The predicted molar refractivity (Wildman–Crippen MR) is 49.8 cm³/mol. The molecule has 0 aromatic rings. The largest absolute Gasteiger partial charge is 0.392 e. The van der Waals surface area contributed by atoms with E-state index in [1.165, 1.54) is 24.0 Å². The zero-order valence-electron chi connectivity index (χ0n) is 8.22. The molecule has 0 aromatic carbocycles. The van der Waals surface area contributed by atoms with Gasteiger partial charge in [-0.2, -0.15) is 0 Å². The summed E-state index contributed by atoms with van der Waals surface area (Å²) in [5, 5.41) is 9.23. The standard InChI is InChI=1S/C11H18O/c1-7-4-8-5-10(9(7)6-12)11(8,2)3/h8,10,12H,4-6H2,1-3H3/t8-,10+/m1/s1. The highest BCUT2D eigenvalue weighted by atomic mass is 16.3. The third kappa shape index (κ3) is 0.832. The van der Waals surface area contributed by atoms with E-state index in [4.69, 9.17) is 0 Å². The first kappa shape index (κ1) is 8.31. The van der Waals surface area contributed by atoms with Crippen LogP contribution in [0.25, 0.3) is 0 Å². The minimum Gasteiger partial charge on any atom is -0.392 e. The summed E-state index contributed by atoms with van der Waals surface area (Å²) in [6.07, 6.45) is 2.54. The Morgan fingerprint density at radius 2 is 2.17 bits per heavy atom. The number of rotatable bonds is 1. The van der Waals surface area contributed by atoms with Crippen LogP contribution in [0.2, 0.25) is 0 Å². The van der Waals surface area contributed by atoms with E-state index < -0.39 is 0 Å². The molecule has 0 spiro atoms. The molecule has 0 radical (unpaired) electrons. The lowest BCUT2D eigenvalue weighted by Crippen LogP contribution is -2.49. The normalized spacial score (nSPS) is 38.0. The average Bonchev–Trinajstić information content (AvgIpc) is 2.03. The molecule has 1 N–H and O–H groups in total. The molecule has 0 saturated heterocycles. The minimum absolute atomic E-state index is 0.284. The van der Waals surface area contributed by atoms with Crippen LogP contribution in [0.1, 0.15) is 33.6 Å². The highest BCUT2D eigenvalue weighted by molar-refractivity contribution is 5.29. The van der Waals surface area contributed by atoms with Gasteiger partial charge >= 0.3 is 0 Å². The highest BCUT2D eigenvalue weighted by Gasteiger charge is 2.52. The monoisotopic (exact) mass is 166 g/mol. The van der Waals surface area contributed by atoms with Crippen LogP contribution in [0.15, 0.2) is 11.1 Å². The minimum atomic E-state index is 0.284. The fourth-order valence-corrected chi connectivity index (χ4v) is 3.00. The summed E-state index contributed by atoms with van der Waals surface area (Å²) in [7, 11) is 0. The van der Waals surface area contributed by atoms with Gasteiger partial charge in [-0.3, -0.25) is 0 Å². The Kier molecular flexibility index (Phi) is 1.63. The zero-order chi connectivity index (χ0) is 8.93. The lowest BCUT2D eigenvalue weighted by molar-refractivity contribution is -0.0167. The van der Waals surface area contributed by atoms with Crippen molar-refractivity contribution in [2.24, 2.45) is 17.3 Å². The van der Waals surface area contributed by atoms with Crippen LogP contribution in [-0.2, 0) is 0 Å². The molecule has 3 rings (SSSR count). The molecular formula is C11H18O. The molecule has 3 aliphatic rings. The van der Waals surface area contributed by atoms with Gasteiger partial charge in [-0.1, -0.05) is 19.4 Å². The zero-order valence-corrected chi connectivity index (χ0v) is 8.22. The van der Waals surface area contributed by atoms with Crippen molar-refractivity contribution in [2.75, 3.05) is 6.61 Å². The van der Waals surface area contributed by atoms with E-state index in [1.54, 1.807) is 0 Å². The molecule has 0 unspecified atom stereocenters. The number of hydrogen-bond donors (Lipinski definition) is 1. The van der Waals surface area contributed by atoms with Crippen molar-refractivity contribution in [1.82, 2.24) is 0 Å². The van der Waals surface area contributed by atoms with E-state index in [-0.39, 0.29) is 6.61 Å². The molecule has 68 valence electrons. The second kappa shape index (κ2) is 2.35. The van der Waals surface area contributed by atoms with Gasteiger partial charge in [0.15, 0.2) is 0 Å². The number of hydrogen-bond acceptors (Lipinski definition) is 1. The average molecular weight is 166 g/mol. The highest BCUT2D eigenvalue weighted by Crippen LogP contribution is 2.60. The molecule has 1 fully saturated rings. The molecule has 0 aromatic heterocycles. The number of fused-ring (bicyclic) bond motifs is 1. The molecular weight excluding hydrogens is 148 g/mol. The van der Waals surface area contributed by atoms with Crippen LogP contribution in [0.4, 0.5) is 0 Å². The van der Waals surface area contributed by atoms with Gasteiger partial charge in [-0.05, 0) is 42.6 Å². The first-order chi connectivity index (χ1) is 5.57. The fraction of sp³-hybridized carbons (Fsp3) is 0.818. The van der Waals surface area contributed by atoms with Gasteiger partial charge in [0.2, 0.25) is 0 Å². The summed E-state index contributed by atoms with van der Waals surface area (Å²) < 4.78 is 0. The Labute approximate surface area is 74.5 Å². The predicted octanol–water partition coefficient (Wildman–Crippen LogP) is 2.36. The van der Waals surface area contributed by atoms with Crippen LogP contribution in [0.3, 0.4) is 0 Å². The maximum absolute atomic E-state index is 9.23. The summed E-state index contributed by atoms with van der Waals surface area (Å²) in [4.78, 5) is 0. The molecule has 0 heterocycles. The third-order valence-corrected chi connectivity index (χ3v) is 4.16. The Morgan fingerprint density at radius 1 is 1.50 bits per heavy atom. The smallest absolute Gasteiger partial charge is 0.0647 e. The van der Waals surface area contributed by atoms with Gasteiger partial charge in [-0.25, -0.2) is 0 Å². The Hall–Kier alpha value is -0.300. The Balaban J connectivity index is 2.32. The Bertz CT molecular complexity index is 237. The first-order valence-electron chi connectivity index (χ1n) is 4.86. The maximum Gasteiger partial charge on any atom is 0.0647 e. The van der Waals surface area contributed by atoms with Crippen molar-refractivity contribution in [3.63, 3.8) is 0 Å². The Morgan fingerprint density at radius 3 is 2.58 bits per heavy atom. The van der Waals surface area contributed by atoms with Crippen molar-refractivity contribution < 1.29 is 5.11 Å². The van der Waals surface area contributed by atoms with Gasteiger partial charge in [0.25, 0.3) is 0 Å². The van der Waals surface area contributed by atoms with Crippen molar-refractivity contribution in [3.05, 3.63) is 11.1 Å². The number of allylic oxidation sites excluding steroid dienone is 1. The summed E-state index contributed by atoms with van der Waals surface area (Å²) in [5.41, 5.74) is 3.26. The molecule has 2 atom stereocenters. The van der Waals surface area contributed by atoms with E-state index in [9.17, 15) is 5.11 Å². The van der Waals surface area contributed by atoms with E-state index in [0.29, 0.717) is 11.3 Å². The van der Waals surface area contributed by atoms with Crippen LogP contribution in [0, 0.1) is 17.3 Å². The van der Waals surface area contributed by atoms with E-state index in [2.05, 4.69) is 20.8 Å². The summed E-state index contributed by atoms with van der Waals surface area (Å²) in [5.74, 6) is 1.57. The van der Waals surface area contributed by atoms with E-state index in [1.807, 2.05) is 0 Å². The van der Waals surface area contributed by atoms with Crippen molar-refractivity contribution >= 4 is 0 Å². The summed E-state index contributed by atoms with van der Waals surface area (Å²) in [6.45, 7) is 7.15. The van der Waals surface area contributed by atoms with E-state index in [0.717, 1.165) is 5.92 Å². The molecule has 1 nitrogen and oxygen atoms in total. The molecule has 0 amide bonds. The molecule has 12 heavy (non-hydrogen) atoms. The maximum atomic E-state index is 9.23. The second-order valence-electron chi connectivity index (χ2n) is 4.97. The SMILES string of the molecule is CC1=C(CO)[C@@H]2C[C@@H](C1)C2(C)C. The van der Waals surface area contributed by atoms with Crippen molar-refractivity contribution in [1.29, 1.82) is 0 Å².